The number of para-hydroxylation sites is 1. The molecule has 4 rings (SSSR count). The molecule has 1 fully saturated rings. The lowest BCUT2D eigenvalue weighted by atomic mass is 10.1. The number of benzene rings is 2. The Labute approximate surface area is 168 Å². The van der Waals surface area contributed by atoms with Crippen LogP contribution >= 0.6 is 11.8 Å². The Hall–Kier alpha value is -2.57. The second-order valence-electron chi connectivity index (χ2n) is 6.78. The van der Waals surface area contributed by atoms with E-state index in [0.717, 1.165) is 25.9 Å². The summed E-state index contributed by atoms with van der Waals surface area (Å²) in [6.07, 6.45) is 4.10. The maximum atomic E-state index is 11.4. The first-order valence-electron chi connectivity index (χ1n) is 9.45. The Morgan fingerprint density at radius 3 is 2.46 bits per heavy atom. The van der Waals surface area contributed by atoms with Crippen LogP contribution in [0.5, 0.6) is 0 Å². The van der Waals surface area contributed by atoms with Crippen molar-refractivity contribution in [2.75, 3.05) is 26.3 Å². The highest BCUT2D eigenvalue weighted by molar-refractivity contribution is 8.03. The van der Waals surface area contributed by atoms with E-state index < -0.39 is 0 Å². The Morgan fingerprint density at radius 2 is 1.71 bits per heavy atom. The lowest BCUT2D eigenvalue weighted by Gasteiger charge is -2.31. The maximum Gasteiger partial charge on any atom is 0.283 e. The van der Waals surface area contributed by atoms with Crippen molar-refractivity contribution in [3.05, 3.63) is 86.5 Å². The predicted molar refractivity (Wildman–Crippen MR) is 112 cm³/mol. The molecule has 6 heteroatoms. The van der Waals surface area contributed by atoms with Crippen LogP contribution < -0.4 is 0 Å². The SMILES string of the molecule is O=[N+]([O-])c1ccccc1SC1=C(N2CCOCC2)/C(=C\c2ccccc2)CC1. The van der Waals surface area contributed by atoms with Crippen LogP contribution in [0, 0.1) is 10.1 Å². The summed E-state index contributed by atoms with van der Waals surface area (Å²) < 4.78 is 5.54. The van der Waals surface area contributed by atoms with Crippen LogP contribution in [0.15, 0.2) is 75.7 Å². The molecule has 28 heavy (non-hydrogen) atoms. The van der Waals surface area contributed by atoms with E-state index in [1.807, 2.05) is 30.3 Å². The van der Waals surface area contributed by atoms with Gasteiger partial charge >= 0.3 is 0 Å². The van der Waals surface area contributed by atoms with E-state index in [-0.39, 0.29) is 10.6 Å². The number of allylic oxidation sites excluding steroid dienone is 2. The predicted octanol–water partition coefficient (Wildman–Crippen LogP) is 5.11. The molecule has 2 aliphatic rings. The van der Waals surface area contributed by atoms with Gasteiger partial charge in [0.1, 0.15) is 0 Å². The summed E-state index contributed by atoms with van der Waals surface area (Å²) in [5.41, 5.74) is 3.88. The molecule has 0 radical (unpaired) electrons. The average molecular weight is 394 g/mol. The van der Waals surface area contributed by atoms with Crippen molar-refractivity contribution in [1.82, 2.24) is 4.90 Å². The number of ether oxygens (including phenoxy) is 1. The molecule has 2 aromatic carbocycles. The van der Waals surface area contributed by atoms with Crippen molar-refractivity contribution < 1.29 is 9.66 Å². The third-order valence-corrected chi connectivity index (χ3v) is 6.16. The molecule has 0 amide bonds. The van der Waals surface area contributed by atoms with Gasteiger partial charge in [0.2, 0.25) is 0 Å². The molecule has 0 N–H and O–H groups in total. The van der Waals surface area contributed by atoms with Gasteiger partial charge in [0.05, 0.1) is 28.7 Å². The summed E-state index contributed by atoms with van der Waals surface area (Å²) in [6.45, 7) is 3.13. The molecular weight excluding hydrogens is 372 g/mol. The molecule has 144 valence electrons. The van der Waals surface area contributed by atoms with Crippen LogP contribution in [0.4, 0.5) is 5.69 Å². The third-order valence-electron chi connectivity index (χ3n) is 4.95. The molecule has 0 bridgehead atoms. The van der Waals surface area contributed by atoms with Crippen LogP contribution in [0.2, 0.25) is 0 Å². The van der Waals surface area contributed by atoms with Gasteiger partial charge in [0.15, 0.2) is 0 Å². The lowest BCUT2D eigenvalue weighted by Crippen LogP contribution is -2.35. The highest BCUT2D eigenvalue weighted by Crippen LogP contribution is 2.45. The number of thioether (sulfide) groups is 1. The van der Waals surface area contributed by atoms with E-state index in [9.17, 15) is 10.1 Å². The highest BCUT2D eigenvalue weighted by atomic mass is 32.2. The van der Waals surface area contributed by atoms with Crippen LogP contribution in [0.1, 0.15) is 18.4 Å². The number of nitro groups is 1. The zero-order valence-electron chi connectivity index (χ0n) is 15.5. The monoisotopic (exact) mass is 394 g/mol. The molecule has 0 saturated carbocycles. The van der Waals surface area contributed by atoms with Crippen molar-refractivity contribution in [1.29, 1.82) is 0 Å². The smallest absolute Gasteiger partial charge is 0.283 e. The van der Waals surface area contributed by atoms with Gasteiger partial charge in [-0.05, 0) is 36.1 Å². The summed E-state index contributed by atoms with van der Waals surface area (Å²) in [7, 11) is 0. The van der Waals surface area contributed by atoms with Gasteiger partial charge in [0, 0.05) is 24.1 Å². The molecule has 0 aromatic heterocycles. The number of hydrogen-bond donors (Lipinski definition) is 0. The molecule has 0 spiro atoms. The number of rotatable bonds is 5. The van der Waals surface area contributed by atoms with Crippen LogP contribution in [0.3, 0.4) is 0 Å². The van der Waals surface area contributed by atoms with Crippen LogP contribution in [-0.2, 0) is 4.74 Å². The quantitative estimate of drug-likeness (QED) is 0.521. The second kappa shape index (κ2) is 8.63. The topological polar surface area (TPSA) is 55.6 Å². The van der Waals surface area contributed by atoms with Crippen molar-refractivity contribution in [3.63, 3.8) is 0 Å². The van der Waals surface area contributed by atoms with E-state index in [1.165, 1.54) is 33.5 Å². The van der Waals surface area contributed by atoms with E-state index in [1.54, 1.807) is 12.1 Å². The summed E-state index contributed by atoms with van der Waals surface area (Å²) in [5, 5.41) is 11.4. The standard InChI is InChI=1S/C22H22N2O3S/c25-24(26)19-8-4-5-9-20(19)28-21-11-10-18(16-17-6-2-1-3-7-17)22(21)23-12-14-27-15-13-23/h1-9,16H,10-15H2/b18-16-. The molecular formula is C22H22N2O3S. The van der Waals surface area contributed by atoms with E-state index >= 15 is 0 Å². The molecule has 1 aliphatic heterocycles. The minimum atomic E-state index is -0.299. The fourth-order valence-electron chi connectivity index (χ4n) is 3.65. The van der Waals surface area contributed by atoms with Crippen LogP contribution in [0.25, 0.3) is 6.08 Å². The maximum absolute atomic E-state index is 11.4. The Bertz CT molecular complexity index is 918. The van der Waals surface area contributed by atoms with Gasteiger partial charge in [-0.1, -0.05) is 54.2 Å². The second-order valence-corrected chi connectivity index (χ2v) is 7.92. The Balaban J connectivity index is 1.72. The van der Waals surface area contributed by atoms with Crippen molar-refractivity contribution >= 4 is 23.5 Å². The van der Waals surface area contributed by atoms with Crippen molar-refractivity contribution in [3.8, 4) is 0 Å². The molecule has 1 saturated heterocycles. The molecule has 1 aliphatic carbocycles. The first-order chi connectivity index (χ1) is 13.7. The number of nitrogens with zero attached hydrogens (tertiary/aromatic N) is 2. The van der Waals surface area contributed by atoms with Gasteiger partial charge in [0.25, 0.3) is 5.69 Å². The zero-order chi connectivity index (χ0) is 19.3. The van der Waals surface area contributed by atoms with Gasteiger partial charge in [-0.15, -0.1) is 0 Å². The van der Waals surface area contributed by atoms with Crippen molar-refractivity contribution in [2.24, 2.45) is 0 Å². The fourth-order valence-corrected chi connectivity index (χ4v) is 4.87. The normalized spacial score (nSPS) is 18.7. The lowest BCUT2D eigenvalue weighted by molar-refractivity contribution is -0.387. The zero-order valence-corrected chi connectivity index (χ0v) is 16.4. The summed E-state index contributed by atoms with van der Waals surface area (Å²) >= 11 is 1.54. The molecule has 5 nitrogen and oxygen atoms in total. The number of nitro benzene ring substituents is 1. The summed E-state index contributed by atoms with van der Waals surface area (Å²) in [5.74, 6) is 0. The third kappa shape index (κ3) is 4.13. The minimum absolute atomic E-state index is 0.168. The molecule has 2 aromatic rings. The van der Waals surface area contributed by atoms with E-state index in [4.69, 9.17) is 4.74 Å². The largest absolute Gasteiger partial charge is 0.378 e. The first-order valence-corrected chi connectivity index (χ1v) is 10.3. The highest BCUT2D eigenvalue weighted by Gasteiger charge is 2.28. The molecule has 1 heterocycles. The van der Waals surface area contributed by atoms with Gasteiger partial charge in [-0.2, -0.15) is 0 Å². The molecule has 0 unspecified atom stereocenters. The van der Waals surface area contributed by atoms with Gasteiger partial charge in [-0.25, -0.2) is 0 Å². The summed E-state index contributed by atoms with van der Waals surface area (Å²) in [6, 6.07) is 17.3. The first kappa shape index (κ1) is 18.8. The number of morpholine rings is 1. The average Bonchev–Trinajstić information content (AvgIpc) is 3.11. The summed E-state index contributed by atoms with van der Waals surface area (Å²) in [4.78, 5) is 15.4. The van der Waals surface area contributed by atoms with E-state index in [2.05, 4.69) is 23.1 Å². The molecule has 0 atom stereocenters. The Morgan fingerprint density at radius 1 is 1.00 bits per heavy atom. The van der Waals surface area contributed by atoms with Gasteiger partial charge < -0.3 is 9.64 Å². The van der Waals surface area contributed by atoms with Crippen LogP contribution in [-0.4, -0.2) is 36.1 Å². The number of hydrogen-bond acceptors (Lipinski definition) is 5. The fraction of sp³-hybridized carbons (Fsp3) is 0.273. The minimum Gasteiger partial charge on any atom is -0.378 e. The Kier molecular flexibility index (Phi) is 5.78. The van der Waals surface area contributed by atoms with Crippen molar-refractivity contribution in [2.45, 2.75) is 17.7 Å². The van der Waals surface area contributed by atoms with Gasteiger partial charge in [-0.3, -0.25) is 10.1 Å². The van der Waals surface area contributed by atoms with E-state index in [0.29, 0.717) is 18.1 Å².